The Labute approximate surface area is 128 Å². The molecule has 0 fully saturated rings. The standard InChI is InChI=1S/C17H26Cl2/c1-3-4-5-6-9-12-17(13-18,14-19)16-11-8-7-10-15(16)2/h7-8,10-11H,3-6,9,12-14H2,1-2H3. The smallest absolute Gasteiger partial charge is 0.0332 e. The quantitative estimate of drug-likeness (QED) is 0.383. The highest BCUT2D eigenvalue weighted by atomic mass is 35.5. The number of unbranched alkanes of at least 4 members (excludes halogenated alkanes) is 4. The summed E-state index contributed by atoms with van der Waals surface area (Å²) in [5, 5.41) is 0. The van der Waals surface area contributed by atoms with E-state index in [0.29, 0.717) is 11.8 Å². The van der Waals surface area contributed by atoms with Gasteiger partial charge in [-0.05, 0) is 24.5 Å². The Balaban J connectivity index is 2.71. The van der Waals surface area contributed by atoms with Gasteiger partial charge < -0.3 is 0 Å². The average Bonchev–Trinajstić information content (AvgIpc) is 2.44. The van der Waals surface area contributed by atoms with Gasteiger partial charge in [0.25, 0.3) is 0 Å². The first-order chi connectivity index (χ1) is 9.20. The lowest BCUT2D eigenvalue weighted by molar-refractivity contribution is 0.452. The van der Waals surface area contributed by atoms with Gasteiger partial charge >= 0.3 is 0 Å². The van der Waals surface area contributed by atoms with Crippen LogP contribution in [0.2, 0.25) is 0 Å². The van der Waals surface area contributed by atoms with E-state index in [-0.39, 0.29) is 5.41 Å². The lowest BCUT2D eigenvalue weighted by Gasteiger charge is -2.32. The average molecular weight is 301 g/mol. The number of aryl methyl sites for hydroxylation is 1. The van der Waals surface area contributed by atoms with E-state index in [1.165, 1.54) is 43.2 Å². The van der Waals surface area contributed by atoms with Gasteiger partial charge in [-0.25, -0.2) is 0 Å². The molecule has 0 N–H and O–H groups in total. The molecule has 1 aromatic rings. The second-order valence-corrected chi connectivity index (χ2v) is 6.06. The van der Waals surface area contributed by atoms with Crippen molar-refractivity contribution in [3.05, 3.63) is 35.4 Å². The van der Waals surface area contributed by atoms with Crippen LogP contribution in [0.1, 0.15) is 56.6 Å². The van der Waals surface area contributed by atoms with Crippen molar-refractivity contribution < 1.29 is 0 Å². The minimum absolute atomic E-state index is 0.0549. The third-order valence-corrected chi connectivity index (χ3v) is 5.01. The van der Waals surface area contributed by atoms with E-state index >= 15 is 0 Å². The molecule has 1 aromatic carbocycles. The highest BCUT2D eigenvalue weighted by Crippen LogP contribution is 2.35. The second kappa shape index (κ2) is 8.87. The molecular weight excluding hydrogens is 275 g/mol. The highest BCUT2D eigenvalue weighted by Gasteiger charge is 2.31. The van der Waals surface area contributed by atoms with Crippen molar-refractivity contribution >= 4 is 23.2 Å². The molecular formula is C17H26Cl2. The minimum Gasteiger partial charge on any atom is -0.126 e. The number of benzene rings is 1. The van der Waals surface area contributed by atoms with Gasteiger partial charge in [0, 0.05) is 17.2 Å². The minimum atomic E-state index is -0.0549. The van der Waals surface area contributed by atoms with E-state index in [4.69, 9.17) is 23.2 Å². The third-order valence-electron chi connectivity index (χ3n) is 3.99. The molecule has 19 heavy (non-hydrogen) atoms. The van der Waals surface area contributed by atoms with Crippen molar-refractivity contribution in [3.8, 4) is 0 Å². The van der Waals surface area contributed by atoms with Crippen LogP contribution in [0, 0.1) is 6.92 Å². The molecule has 0 saturated carbocycles. The van der Waals surface area contributed by atoms with Crippen molar-refractivity contribution in [2.24, 2.45) is 0 Å². The molecule has 0 aliphatic rings. The molecule has 0 heterocycles. The van der Waals surface area contributed by atoms with Gasteiger partial charge in [0.05, 0.1) is 0 Å². The van der Waals surface area contributed by atoms with Crippen LogP contribution < -0.4 is 0 Å². The van der Waals surface area contributed by atoms with Crippen molar-refractivity contribution in [3.63, 3.8) is 0 Å². The largest absolute Gasteiger partial charge is 0.126 e. The van der Waals surface area contributed by atoms with Crippen molar-refractivity contribution in [1.29, 1.82) is 0 Å². The van der Waals surface area contributed by atoms with E-state index in [2.05, 4.69) is 38.1 Å². The van der Waals surface area contributed by atoms with Crippen molar-refractivity contribution in [1.82, 2.24) is 0 Å². The number of halogens is 2. The lowest BCUT2D eigenvalue weighted by Crippen LogP contribution is -2.31. The first-order valence-electron chi connectivity index (χ1n) is 7.38. The molecule has 0 unspecified atom stereocenters. The lowest BCUT2D eigenvalue weighted by atomic mass is 9.77. The van der Waals surface area contributed by atoms with Crippen LogP contribution >= 0.6 is 23.2 Å². The molecule has 0 atom stereocenters. The molecule has 0 aromatic heterocycles. The second-order valence-electron chi connectivity index (χ2n) is 5.53. The fourth-order valence-corrected chi connectivity index (χ4v) is 3.52. The third kappa shape index (κ3) is 4.68. The monoisotopic (exact) mass is 300 g/mol. The Bertz CT molecular complexity index is 356. The summed E-state index contributed by atoms with van der Waals surface area (Å²) in [6.45, 7) is 4.40. The summed E-state index contributed by atoms with van der Waals surface area (Å²) >= 11 is 12.6. The van der Waals surface area contributed by atoms with E-state index in [9.17, 15) is 0 Å². The number of hydrogen-bond donors (Lipinski definition) is 0. The molecule has 0 amide bonds. The summed E-state index contributed by atoms with van der Waals surface area (Å²) in [7, 11) is 0. The maximum atomic E-state index is 6.29. The van der Waals surface area contributed by atoms with E-state index in [1.807, 2.05) is 0 Å². The maximum absolute atomic E-state index is 6.29. The number of rotatable bonds is 9. The molecule has 1 rings (SSSR count). The Kier molecular flexibility index (Phi) is 7.87. The molecule has 0 bridgehead atoms. The summed E-state index contributed by atoms with van der Waals surface area (Å²) in [6.07, 6.45) is 7.54. The first kappa shape index (κ1) is 16.9. The molecule has 2 heteroatoms. The number of alkyl halides is 2. The molecule has 0 saturated heterocycles. The molecule has 108 valence electrons. The van der Waals surface area contributed by atoms with Gasteiger partial charge in [-0.15, -0.1) is 23.2 Å². The number of hydrogen-bond acceptors (Lipinski definition) is 0. The molecule has 0 radical (unpaired) electrons. The van der Waals surface area contributed by atoms with E-state index in [0.717, 1.165) is 6.42 Å². The van der Waals surface area contributed by atoms with E-state index in [1.54, 1.807) is 0 Å². The SMILES string of the molecule is CCCCCCCC(CCl)(CCl)c1ccccc1C. The first-order valence-corrected chi connectivity index (χ1v) is 8.45. The van der Waals surface area contributed by atoms with Crippen LogP contribution in [-0.4, -0.2) is 11.8 Å². The van der Waals surface area contributed by atoms with Gasteiger partial charge in [-0.1, -0.05) is 63.3 Å². The Morgan fingerprint density at radius 2 is 1.58 bits per heavy atom. The van der Waals surface area contributed by atoms with Gasteiger partial charge in [0.15, 0.2) is 0 Å². The molecule has 0 spiro atoms. The van der Waals surface area contributed by atoms with Crippen LogP contribution in [0.15, 0.2) is 24.3 Å². The zero-order chi connectivity index (χ0) is 14.1. The summed E-state index contributed by atoms with van der Waals surface area (Å²) in [4.78, 5) is 0. The Morgan fingerprint density at radius 1 is 0.947 bits per heavy atom. The van der Waals surface area contributed by atoms with Crippen LogP contribution in [-0.2, 0) is 5.41 Å². The van der Waals surface area contributed by atoms with Gasteiger partial charge in [-0.2, -0.15) is 0 Å². The van der Waals surface area contributed by atoms with Crippen LogP contribution in [0.25, 0.3) is 0 Å². The predicted molar refractivity (Wildman–Crippen MR) is 87.7 cm³/mol. The van der Waals surface area contributed by atoms with E-state index < -0.39 is 0 Å². The fourth-order valence-electron chi connectivity index (χ4n) is 2.68. The Morgan fingerprint density at radius 3 is 2.16 bits per heavy atom. The highest BCUT2D eigenvalue weighted by molar-refractivity contribution is 6.22. The molecule has 0 aliphatic heterocycles. The Hall–Kier alpha value is -0.200. The van der Waals surface area contributed by atoms with Gasteiger partial charge in [-0.3, -0.25) is 0 Å². The van der Waals surface area contributed by atoms with Crippen molar-refractivity contribution in [2.75, 3.05) is 11.8 Å². The summed E-state index contributed by atoms with van der Waals surface area (Å²) < 4.78 is 0. The van der Waals surface area contributed by atoms with Gasteiger partial charge in [0.1, 0.15) is 0 Å². The van der Waals surface area contributed by atoms with Crippen molar-refractivity contribution in [2.45, 2.75) is 57.8 Å². The zero-order valence-corrected chi connectivity index (χ0v) is 13.7. The fraction of sp³-hybridized carbons (Fsp3) is 0.647. The molecule has 0 nitrogen and oxygen atoms in total. The van der Waals surface area contributed by atoms with Gasteiger partial charge in [0.2, 0.25) is 0 Å². The predicted octanol–water partition coefficient (Wildman–Crippen LogP) is 6.07. The topological polar surface area (TPSA) is 0 Å². The summed E-state index contributed by atoms with van der Waals surface area (Å²) in [5.74, 6) is 1.21. The normalized spacial score (nSPS) is 11.8. The molecule has 0 aliphatic carbocycles. The zero-order valence-electron chi connectivity index (χ0n) is 12.2. The maximum Gasteiger partial charge on any atom is 0.0332 e. The summed E-state index contributed by atoms with van der Waals surface area (Å²) in [5.41, 5.74) is 2.58. The van der Waals surface area contributed by atoms with Crippen LogP contribution in [0.4, 0.5) is 0 Å². The summed E-state index contributed by atoms with van der Waals surface area (Å²) in [6, 6.07) is 8.51. The van der Waals surface area contributed by atoms with Crippen LogP contribution in [0.5, 0.6) is 0 Å². The van der Waals surface area contributed by atoms with Crippen LogP contribution in [0.3, 0.4) is 0 Å².